The largest absolute Gasteiger partial charge is 0.444 e. The highest BCUT2D eigenvalue weighted by molar-refractivity contribution is 7.99. The number of anilines is 2. The van der Waals surface area contributed by atoms with Crippen molar-refractivity contribution in [1.82, 2.24) is 9.62 Å². The molecule has 3 N–H and O–H groups in total. The van der Waals surface area contributed by atoms with Gasteiger partial charge in [0.2, 0.25) is 0 Å². The Morgan fingerprint density at radius 3 is 2.18 bits per heavy atom. The minimum Gasteiger partial charge on any atom is -0.444 e. The number of halogens is 1. The van der Waals surface area contributed by atoms with Gasteiger partial charge >= 0.3 is 6.09 Å². The summed E-state index contributed by atoms with van der Waals surface area (Å²) in [5.41, 5.74) is 3.33. The van der Waals surface area contributed by atoms with E-state index in [9.17, 15) is 31.5 Å². The number of nitrogens with zero attached hydrogens (tertiary/aromatic N) is 2. The summed E-state index contributed by atoms with van der Waals surface area (Å²) in [5, 5.41) is 15.6. The molecule has 0 spiro atoms. The van der Waals surface area contributed by atoms with Crippen molar-refractivity contribution >= 4 is 66.6 Å². The van der Waals surface area contributed by atoms with Crippen LogP contribution in [0.5, 0.6) is 0 Å². The smallest absolute Gasteiger partial charge is 0.410 e. The molecule has 5 aromatic carbocycles. The molecule has 0 bridgehead atoms. The van der Waals surface area contributed by atoms with Gasteiger partial charge in [0, 0.05) is 64.9 Å². The van der Waals surface area contributed by atoms with Crippen molar-refractivity contribution in [3.8, 4) is 11.1 Å². The van der Waals surface area contributed by atoms with Crippen molar-refractivity contribution in [2.24, 2.45) is 5.92 Å². The molecule has 0 aromatic heterocycles. The standard InChI is InChI=1S/C50H57ClN4O8S3/c1-50(2,3)63-49(58)55-28-10-11-40(55)31-38(33-64-41-12-6-5-7-13-41)52-45-25-24-42(32-46(45)65(4,59)60)66(61,62)53-48(57)36-18-22-39(23-19-36)54-29-26-35(27-30-54)47(56)44-15-9-8-14-43(44)34-16-20-37(51)21-17-34/h5-9,12-25,32,35,38,40,47,52,56H,10-11,26-31,33H2,1-4H3,(H,53,57)/t38-,40+,47-/m1/s1. The average molecular weight is 974 g/mol. The molecule has 2 fully saturated rings. The summed E-state index contributed by atoms with van der Waals surface area (Å²) < 4.78 is 61.8. The minimum absolute atomic E-state index is 0.0341. The molecule has 7 rings (SSSR count). The number of carbonyl (C=O) groups is 2. The van der Waals surface area contributed by atoms with Gasteiger partial charge in [-0.05, 0) is 142 Å². The maximum atomic E-state index is 13.7. The Morgan fingerprint density at radius 1 is 0.848 bits per heavy atom. The fourth-order valence-electron chi connectivity index (χ4n) is 8.61. The normalized spacial score (nSPS) is 17.0. The van der Waals surface area contributed by atoms with E-state index in [1.807, 2.05) is 99.6 Å². The predicted octanol–water partition coefficient (Wildman–Crippen LogP) is 9.84. The van der Waals surface area contributed by atoms with Crippen LogP contribution in [0, 0.1) is 5.92 Å². The van der Waals surface area contributed by atoms with Gasteiger partial charge in [-0.15, -0.1) is 11.8 Å². The van der Waals surface area contributed by atoms with E-state index in [2.05, 4.69) is 14.9 Å². The second kappa shape index (κ2) is 20.8. The molecule has 2 aliphatic rings. The number of sulfone groups is 1. The maximum absolute atomic E-state index is 13.7. The molecule has 2 aliphatic heterocycles. The van der Waals surface area contributed by atoms with Crippen molar-refractivity contribution < 1.29 is 36.3 Å². The van der Waals surface area contributed by atoms with Gasteiger partial charge < -0.3 is 25.0 Å². The number of likely N-dealkylation sites (tertiary alicyclic amines) is 1. The van der Waals surface area contributed by atoms with Gasteiger partial charge in [0.25, 0.3) is 15.9 Å². The van der Waals surface area contributed by atoms with Gasteiger partial charge in [0.05, 0.1) is 21.6 Å². The Balaban J connectivity index is 1.01. The van der Waals surface area contributed by atoms with Gasteiger partial charge in [-0.1, -0.05) is 66.2 Å². The minimum atomic E-state index is -4.52. The first-order chi connectivity index (χ1) is 31.3. The van der Waals surface area contributed by atoms with Crippen LogP contribution in [0.25, 0.3) is 11.1 Å². The Labute approximate surface area is 398 Å². The zero-order valence-corrected chi connectivity index (χ0v) is 40.7. The second-order valence-corrected chi connectivity index (χ2v) is 23.1. The van der Waals surface area contributed by atoms with E-state index in [4.69, 9.17) is 16.3 Å². The lowest BCUT2D eigenvalue weighted by Gasteiger charge is -2.36. The van der Waals surface area contributed by atoms with E-state index >= 15 is 0 Å². The first-order valence-corrected chi connectivity index (χ1v) is 26.8. The molecular formula is C50H57ClN4O8S3. The molecule has 5 aromatic rings. The number of thioether (sulfide) groups is 1. The summed E-state index contributed by atoms with van der Waals surface area (Å²) in [6.45, 7) is 7.36. The number of sulfonamides is 1. The molecule has 0 radical (unpaired) electrons. The Bertz CT molecular complexity index is 2710. The molecule has 0 unspecified atom stereocenters. The lowest BCUT2D eigenvalue weighted by atomic mass is 9.84. The molecule has 2 amide bonds. The van der Waals surface area contributed by atoms with Gasteiger partial charge in [0.15, 0.2) is 9.84 Å². The number of hydrogen-bond donors (Lipinski definition) is 3. The summed E-state index contributed by atoms with van der Waals surface area (Å²) in [7, 11) is -8.51. The van der Waals surface area contributed by atoms with Crippen molar-refractivity contribution in [1.29, 1.82) is 0 Å². The Morgan fingerprint density at radius 2 is 1.52 bits per heavy atom. The third kappa shape index (κ3) is 12.5. The SMILES string of the molecule is CC(C)(C)OC(=O)N1CCC[C@H]1C[C@H](CSc1ccccc1)Nc1ccc(S(=O)(=O)NC(=O)c2ccc(N3CCC([C@@H](O)c4ccccc4-c4ccc(Cl)cc4)CC3)cc2)cc1S(C)(=O)=O. The van der Waals surface area contributed by atoms with E-state index < -0.39 is 43.6 Å². The number of carbonyl (C=O) groups excluding carboxylic acids is 2. The molecule has 2 heterocycles. The van der Waals surface area contributed by atoms with Crippen molar-refractivity contribution in [3.63, 3.8) is 0 Å². The number of aliphatic hydroxyl groups excluding tert-OH is 1. The average Bonchev–Trinajstić information content (AvgIpc) is 3.76. The lowest BCUT2D eigenvalue weighted by Crippen LogP contribution is -2.42. The van der Waals surface area contributed by atoms with Gasteiger partial charge in [0.1, 0.15) is 5.60 Å². The number of rotatable bonds is 15. The van der Waals surface area contributed by atoms with Gasteiger partial charge in [-0.25, -0.2) is 26.4 Å². The Hall–Kier alpha value is -5.06. The number of aliphatic hydroxyl groups is 1. The monoisotopic (exact) mass is 972 g/mol. The highest BCUT2D eigenvalue weighted by Crippen LogP contribution is 2.38. The number of ether oxygens (including phenoxy) is 1. The summed E-state index contributed by atoms with van der Waals surface area (Å²) in [5.74, 6) is -0.315. The van der Waals surface area contributed by atoms with Crippen LogP contribution in [0.1, 0.15) is 74.9 Å². The van der Waals surface area contributed by atoms with Crippen molar-refractivity contribution in [3.05, 3.63) is 137 Å². The third-order valence-electron chi connectivity index (χ3n) is 11.9. The fraction of sp³-hybridized carbons (Fsp3) is 0.360. The second-order valence-electron chi connectivity index (χ2n) is 17.9. The fourth-order valence-corrected chi connectivity index (χ4v) is 11.6. The summed E-state index contributed by atoms with van der Waals surface area (Å²) in [6, 6.07) is 35.1. The van der Waals surface area contributed by atoms with E-state index in [-0.39, 0.29) is 39.0 Å². The molecule has 350 valence electrons. The van der Waals surface area contributed by atoms with Crippen LogP contribution in [0.15, 0.2) is 136 Å². The number of benzene rings is 5. The Kier molecular flexibility index (Phi) is 15.4. The van der Waals surface area contributed by atoms with Crippen LogP contribution in [-0.4, -0.2) is 88.2 Å². The zero-order chi connectivity index (χ0) is 47.2. The lowest BCUT2D eigenvalue weighted by molar-refractivity contribution is 0.0218. The van der Waals surface area contributed by atoms with E-state index in [1.54, 1.807) is 40.9 Å². The highest BCUT2D eigenvalue weighted by Gasteiger charge is 2.35. The first kappa shape index (κ1) is 48.9. The van der Waals surface area contributed by atoms with E-state index in [0.29, 0.717) is 36.8 Å². The number of nitrogens with one attached hydrogen (secondary N) is 2. The molecular weight excluding hydrogens is 916 g/mol. The van der Waals surface area contributed by atoms with Crippen LogP contribution in [0.4, 0.5) is 16.2 Å². The molecule has 0 aliphatic carbocycles. The molecule has 66 heavy (non-hydrogen) atoms. The molecule has 16 heteroatoms. The summed E-state index contributed by atoms with van der Waals surface area (Å²) >= 11 is 7.70. The number of hydrogen-bond acceptors (Lipinski definition) is 11. The number of amides is 2. The van der Waals surface area contributed by atoms with Crippen LogP contribution in [0.2, 0.25) is 5.02 Å². The van der Waals surface area contributed by atoms with Crippen LogP contribution in [-0.2, 0) is 24.6 Å². The predicted molar refractivity (Wildman–Crippen MR) is 263 cm³/mol. The van der Waals surface area contributed by atoms with E-state index in [0.717, 1.165) is 65.3 Å². The topological polar surface area (TPSA) is 162 Å². The molecule has 0 saturated carbocycles. The molecule has 3 atom stereocenters. The first-order valence-electron chi connectivity index (χ1n) is 22.1. The van der Waals surface area contributed by atoms with Gasteiger partial charge in [-0.2, -0.15) is 0 Å². The summed E-state index contributed by atoms with van der Waals surface area (Å²) in [4.78, 5) is 30.9. The third-order valence-corrected chi connectivity index (χ3v) is 15.8. The van der Waals surface area contributed by atoms with Crippen molar-refractivity contribution in [2.45, 2.75) is 91.4 Å². The van der Waals surface area contributed by atoms with Crippen LogP contribution in [0.3, 0.4) is 0 Å². The number of piperidine rings is 1. The van der Waals surface area contributed by atoms with E-state index in [1.165, 1.54) is 12.1 Å². The maximum Gasteiger partial charge on any atom is 0.410 e. The quantitative estimate of drug-likeness (QED) is 0.0857. The van der Waals surface area contributed by atoms with Crippen molar-refractivity contribution in [2.75, 3.05) is 41.9 Å². The molecule has 12 nitrogen and oxygen atoms in total. The highest BCUT2D eigenvalue weighted by atomic mass is 35.5. The van der Waals surface area contributed by atoms with Gasteiger partial charge in [-0.3, -0.25) is 4.79 Å². The molecule has 2 saturated heterocycles. The van der Waals surface area contributed by atoms with Crippen LogP contribution >= 0.6 is 23.4 Å². The zero-order valence-electron chi connectivity index (χ0n) is 37.5. The summed E-state index contributed by atoms with van der Waals surface area (Å²) in [6.07, 6.45) is 3.46. The van der Waals surface area contributed by atoms with Crippen LogP contribution < -0.4 is 14.9 Å².